The van der Waals surface area contributed by atoms with Gasteiger partial charge in [0.1, 0.15) is 6.61 Å². The SMILES string of the molecule is Cc1cc(C(=O)NCCOCC(F)F)ccc1Br. The van der Waals surface area contributed by atoms with Crippen molar-refractivity contribution in [3.8, 4) is 0 Å². The Balaban J connectivity index is 2.34. The van der Waals surface area contributed by atoms with E-state index >= 15 is 0 Å². The molecule has 3 nitrogen and oxygen atoms in total. The highest BCUT2D eigenvalue weighted by Crippen LogP contribution is 2.16. The van der Waals surface area contributed by atoms with Gasteiger partial charge in [-0.05, 0) is 30.7 Å². The summed E-state index contributed by atoms with van der Waals surface area (Å²) in [5.74, 6) is -0.244. The summed E-state index contributed by atoms with van der Waals surface area (Å²) in [6, 6.07) is 5.23. The lowest BCUT2D eigenvalue weighted by atomic mass is 10.1. The molecular weight excluding hydrogens is 308 g/mol. The number of rotatable bonds is 6. The van der Waals surface area contributed by atoms with Crippen molar-refractivity contribution in [2.45, 2.75) is 13.3 Å². The highest BCUT2D eigenvalue weighted by atomic mass is 79.9. The normalized spacial score (nSPS) is 10.7. The number of ether oxygens (including phenoxy) is 1. The zero-order chi connectivity index (χ0) is 13.5. The summed E-state index contributed by atoms with van der Waals surface area (Å²) >= 11 is 3.34. The van der Waals surface area contributed by atoms with Gasteiger partial charge in [-0.15, -0.1) is 0 Å². The number of carbonyl (C=O) groups is 1. The van der Waals surface area contributed by atoms with Gasteiger partial charge in [-0.1, -0.05) is 15.9 Å². The first kappa shape index (κ1) is 15.0. The second-order valence-electron chi connectivity index (χ2n) is 3.69. The second-order valence-corrected chi connectivity index (χ2v) is 4.54. The maximum atomic E-state index is 11.8. The van der Waals surface area contributed by atoms with Crippen LogP contribution in [0.4, 0.5) is 8.78 Å². The molecule has 0 aliphatic carbocycles. The lowest BCUT2D eigenvalue weighted by Gasteiger charge is -2.07. The number of carbonyl (C=O) groups excluding carboxylic acids is 1. The van der Waals surface area contributed by atoms with Crippen molar-refractivity contribution in [3.05, 3.63) is 33.8 Å². The molecule has 1 amide bonds. The van der Waals surface area contributed by atoms with Gasteiger partial charge in [-0.3, -0.25) is 4.79 Å². The van der Waals surface area contributed by atoms with E-state index in [0.717, 1.165) is 10.0 Å². The first-order valence-corrected chi connectivity index (χ1v) is 6.20. The van der Waals surface area contributed by atoms with Crippen LogP contribution in [0.3, 0.4) is 0 Å². The molecule has 100 valence electrons. The van der Waals surface area contributed by atoms with E-state index < -0.39 is 13.0 Å². The summed E-state index contributed by atoms with van der Waals surface area (Å²) in [7, 11) is 0. The topological polar surface area (TPSA) is 38.3 Å². The Morgan fingerprint density at radius 1 is 1.50 bits per heavy atom. The maximum absolute atomic E-state index is 11.8. The van der Waals surface area contributed by atoms with Gasteiger partial charge in [0, 0.05) is 16.6 Å². The van der Waals surface area contributed by atoms with Gasteiger partial charge >= 0.3 is 0 Å². The minimum absolute atomic E-state index is 0.0750. The standard InChI is InChI=1S/C12H14BrF2NO2/c1-8-6-9(2-3-10(8)13)12(17)16-4-5-18-7-11(14)15/h2-3,6,11H,4-5,7H2,1H3,(H,16,17). The molecule has 0 aliphatic heterocycles. The third kappa shape index (κ3) is 5.10. The monoisotopic (exact) mass is 321 g/mol. The van der Waals surface area contributed by atoms with E-state index in [4.69, 9.17) is 0 Å². The van der Waals surface area contributed by atoms with Crippen molar-refractivity contribution in [2.24, 2.45) is 0 Å². The first-order valence-electron chi connectivity index (χ1n) is 5.41. The van der Waals surface area contributed by atoms with Gasteiger partial charge in [-0.2, -0.15) is 0 Å². The van der Waals surface area contributed by atoms with Crippen LogP contribution in [0.1, 0.15) is 15.9 Å². The summed E-state index contributed by atoms with van der Waals surface area (Å²) in [6.45, 7) is 1.56. The molecule has 1 aromatic rings. The minimum Gasteiger partial charge on any atom is -0.374 e. The molecule has 0 bridgehead atoms. The van der Waals surface area contributed by atoms with Crippen LogP contribution in [-0.4, -0.2) is 32.1 Å². The molecule has 0 radical (unpaired) electrons. The number of benzene rings is 1. The Kier molecular flexibility index (Phi) is 6.21. The molecule has 0 saturated heterocycles. The van der Waals surface area contributed by atoms with Crippen LogP contribution in [-0.2, 0) is 4.74 Å². The van der Waals surface area contributed by atoms with Crippen LogP contribution in [0.2, 0.25) is 0 Å². The fourth-order valence-electron chi connectivity index (χ4n) is 1.30. The summed E-state index contributed by atoms with van der Waals surface area (Å²) in [6.07, 6.45) is -2.48. The highest BCUT2D eigenvalue weighted by Gasteiger charge is 2.06. The number of nitrogens with one attached hydrogen (secondary N) is 1. The fraction of sp³-hybridized carbons (Fsp3) is 0.417. The number of hydrogen-bond acceptors (Lipinski definition) is 2. The van der Waals surface area contributed by atoms with E-state index in [1.165, 1.54) is 0 Å². The smallest absolute Gasteiger partial charge is 0.261 e. The minimum atomic E-state index is -2.48. The Morgan fingerprint density at radius 2 is 2.22 bits per heavy atom. The molecule has 18 heavy (non-hydrogen) atoms. The number of aryl methyl sites for hydroxylation is 1. The molecule has 1 aromatic carbocycles. The largest absolute Gasteiger partial charge is 0.374 e. The molecule has 1 rings (SSSR count). The molecular formula is C12H14BrF2NO2. The molecule has 0 fully saturated rings. The van der Waals surface area contributed by atoms with Gasteiger partial charge in [0.15, 0.2) is 0 Å². The van der Waals surface area contributed by atoms with E-state index in [-0.39, 0.29) is 19.1 Å². The van der Waals surface area contributed by atoms with Gasteiger partial charge in [0.25, 0.3) is 12.3 Å². The number of alkyl halides is 2. The molecule has 0 unspecified atom stereocenters. The lowest BCUT2D eigenvalue weighted by molar-refractivity contribution is 0.0188. The van der Waals surface area contributed by atoms with Crippen LogP contribution >= 0.6 is 15.9 Å². The van der Waals surface area contributed by atoms with E-state index in [1.807, 2.05) is 6.92 Å². The Bertz CT molecular complexity index is 413. The fourth-order valence-corrected chi connectivity index (χ4v) is 1.54. The van der Waals surface area contributed by atoms with Crippen LogP contribution in [0.15, 0.2) is 22.7 Å². The molecule has 0 atom stereocenters. The van der Waals surface area contributed by atoms with Gasteiger partial charge in [-0.25, -0.2) is 8.78 Å². The molecule has 0 saturated carbocycles. The predicted molar refractivity (Wildman–Crippen MR) is 68.0 cm³/mol. The third-order valence-corrected chi connectivity index (χ3v) is 3.09. The first-order chi connectivity index (χ1) is 8.50. The maximum Gasteiger partial charge on any atom is 0.261 e. The van der Waals surface area contributed by atoms with E-state index in [9.17, 15) is 13.6 Å². The van der Waals surface area contributed by atoms with Crippen LogP contribution in [0.5, 0.6) is 0 Å². The van der Waals surface area contributed by atoms with Gasteiger partial charge in [0.2, 0.25) is 0 Å². The van der Waals surface area contributed by atoms with Crippen molar-refractivity contribution in [2.75, 3.05) is 19.8 Å². The second kappa shape index (κ2) is 7.43. The molecule has 0 aromatic heterocycles. The van der Waals surface area contributed by atoms with Gasteiger partial charge < -0.3 is 10.1 Å². The summed E-state index contributed by atoms with van der Waals surface area (Å²) in [4.78, 5) is 11.7. The molecule has 0 spiro atoms. The quantitative estimate of drug-likeness (QED) is 0.818. The molecule has 6 heteroatoms. The van der Waals surface area contributed by atoms with E-state index in [2.05, 4.69) is 26.0 Å². The summed E-state index contributed by atoms with van der Waals surface area (Å²) in [5, 5.41) is 2.60. The number of halogens is 3. The van der Waals surface area contributed by atoms with Crippen molar-refractivity contribution in [1.29, 1.82) is 0 Å². The van der Waals surface area contributed by atoms with E-state index in [0.29, 0.717) is 5.56 Å². The van der Waals surface area contributed by atoms with Crippen LogP contribution < -0.4 is 5.32 Å². The zero-order valence-corrected chi connectivity index (χ0v) is 11.5. The average Bonchev–Trinajstić information content (AvgIpc) is 2.31. The van der Waals surface area contributed by atoms with Crippen molar-refractivity contribution >= 4 is 21.8 Å². The Hall–Kier alpha value is -1.01. The lowest BCUT2D eigenvalue weighted by Crippen LogP contribution is -2.27. The molecule has 1 N–H and O–H groups in total. The van der Waals surface area contributed by atoms with E-state index in [1.54, 1.807) is 18.2 Å². The van der Waals surface area contributed by atoms with Gasteiger partial charge in [0.05, 0.1) is 6.61 Å². The highest BCUT2D eigenvalue weighted by molar-refractivity contribution is 9.10. The molecule has 0 heterocycles. The zero-order valence-electron chi connectivity index (χ0n) is 9.88. The van der Waals surface area contributed by atoms with Crippen molar-refractivity contribution in [1.82, 2.24) is 5.32 Å². The average molecular weight is 322 g/mol. The molecule has 0 aliphatic rings. The Morgan fingerprint density at radius 3 is 2.83 bits per heavy atom. The van der Waals surface area contributed by atoms with Crippen molar-refractivity contribution in [3.63, 3.8) is 0 Å². The number of hydrogen-bond donors (Lipinski definition) is 1. The summed E-state index contributed by atoms with van der Waals surface area (Å²) < 4.78 is 29.1. The summed E-state index contributed by atoms with van der Waals surface area (Å²) in [5.41, 5.74) is 1.49. The van der Waals surface area contributed by atoms with Crippen LogP contribution in [0, 0.1) is 6.92 Å². The Labute approximate surface area is 113 Å². The predicted octanol–water partition coefficient (Wildman–Crippen LogP) is 2.77. The third-order valence-electron chi connectivity index (χ3n) is 2.20. The van der Waals surface area contributed by atoms with Crippen molar-refractivity contribution < 1.29 is 18.3 Å². The number of amides is 1. The van der Waals surface area contributed by atoms with Crippen LogP contribution in [0.25, 0.3) is 0 Å².